The van der Waals surface area contributed by atoms with Crippen LogP contribution in [0.4, 0.5) is 0 Å². The summed E-state index contributed by atoms with van der Waals surface area (Å²) in [5.74, 6) is 6.64. The third-order valence-electron chi connectivity index (χ3n) is 5.09. The lowest BCUT2D eigenvalue weighted by atomic mass is 10.1. The number of hydrogen-bond acceptors (Lipinski definition) is 6. The van der Waals surface area contributed by atoms with Crippen LogP contribution >= 0.6 is 0 Å². The molecular formula is C26H24N4O4. The standard InChI is InChI=1S/C26H24N4O4/c1-18(31)26-28-12-13-30(26)17-23-14-24(34-29-23)22-10-8-20(9-11-22)3-2-19-4-6-21(7-5-19)15-27-16-25(32)33/h4-14,18,27,31H,15-17H2,1H3,(H,32,33)/t18-/m0/s1. The van der Waals surface area contributed by atoms with E-state index in [4.69, 9.17) is 9.63 Å². The van der Waals surface area contributed by atoms with Crippen molar-refractivity contribution in [3.8, 4) is 23.2 Å². The van der Waals surface area contributed by atoms with E-state index in [0.29, 0.717) is 24.7 Å². The smallest absolute Gasteiger partial charge is 0.317 e. The number of aromatic nitrogens is 3. The Labute approximate surface area is 196 Å². The van der Waals surface area contributed by atoms with Gasteiger partial charge in [-0.15, -0.1) is 0 Å². The maximum atomic E-state index is 10.6. The fourth-order valence-corrected chi connectivity index (χ4v) is 3.40. The van der Waals surface area contributed by atoms with E-state index in [1.807, 2.05) is 59.2 Å². The molecule has 0 aliphatic heterocycles. The van der Waals surface area contributed by atoms with Crippen LogP contribution in [0.15, 0.2) is 71.5 Å². The first-order chi connectivity index (χ1) is 16.5. The number of carbonyl (C=O) groups is 1. The number of hydrogen-bond donors (Lipinski definition) is 3. The molecule has 34 heavy (non-hydrogen) atoms. The Morgan fingerprint density at radius 3 is 2.44 bits per heavy atom. The quantitative estimate of drug-likeness (QED) is 0.349. The summed E-state index contributed by atoms with van der Waals surface area (Å²) in [6.45, 7) is 2.56. The zero-order chi connectivity index (χ0) is 23.9. The number of aliphatic carboxylic acids is 1. The average molecular weight is 457 g/mol. The molecule has 0 bridgehead atoms. The molecule has 0 radical (unpaired) electrons. The Morgan fingerprint density at radius 2 is 1.79 bits per heavy atom. The van der Waals surface area contributed by atoms with Crippen molar-refractivity contribution in [1.29, 1.82) is 0 Å². The third kappa shape index (κ3) is 5.98. The van der Waals surface area contributed by atoms with Gasteiger partial charge in [-0.3, -0.25) is 4.79 Å². The molecule has 0 spiro atoms. The predicted octanol–water partition coefficient (Wildman–Crippen LogP) is 3.21. The highest BCUT2D eigenvalue weighted by Gasteiger charge is 2.12. The number of carboxylic acid groups (broad SMARTS) is 1. The van der Waals surface area contributed by atoms with Gasteiger partial charge >= 0.3 is 5.97 Å². The Balaban J connectivity index is 1.37. The van der Waals surface area contributed by atoms with Gasteiger partial charge in [0.25, 0.3) is 0 Å². The van der Waals surface area contributed by atoms with Gasteiger partial charge in [0.05, 0.1) is 13.1 Å². The number of aliphatic hydroxyl groups is 1. The molecule has 0 amide bonds. The van der Waals surface area contributed by atoms with Crippen LogP contribution in [0.3, 0.4) is 0 Å². The maximum Gasteiger partial charge on any atom is 0.317 e. The van der Waals surface area contributed by atoms with E-state index in [1.165, 1.54) is 0 Å². The fourth-order valence-electron chi connectivity index (χ4n) is 3.40. The summed E-state index contributed by atoms with van der Waals surface area (Å²) in [7, 11) is 0. The minimum Gasteiger partial charge on any atom is -0.480 e. The van der Waals surface area contributed by atoms with E-state index in [1.54, 1.807) is 19.3 Å². The number of carboxylic acids is 1. The summed E-state index contributed by atoms with van der Waals surface area (Å²) in [5.41, 5.74) is 4.37. The van der Waals surface area contributed by atoms with Gasteiger partial charge in [0.15, 0.2) is 5.76 Å². The van der Waals surface area contributed by atoms with Crippen LogP contribution in [-0.4, -0.2) is 37.4 Å². The summed E-state index contributed by atoms with van der Waals surface area (Å²) >= 11 is 0. The van der Waals surface area contributed by atoms with Crippen molar-refractivity contribution in [2.75, 3.05) is 6.54 Å². The molecule has 4 rings (SSSR count). The first-order valence-electron chi connectivity index (χ1n) is 10.8. The van der Waals surface area contributed by atoms with E-state index >= 15 is 0 Å². The van der Waals surface area contributed by atoms with E-state index in [0.717, 1.165) is 27.9 Å². The molecule has 2 aromatic carbocycles. The van der Waals surface area contributed by atoms with Crippen molar-refractivity contribution in [3.63, 3.8) is 0 Å². The molecule has 8 nitrogen and oxygen atoms in total. The summed E-state index contributed by atoms with van der Waals surface area (Å²) in [6, 6.07) is 17.3. The van der Waals surface area contributed by atoms with Crippen LogP contribution in [0.1, 0.15) is 41.2 Å². The zero-order valence-electron chi connectivity index (χ0n) is 18.6. The molecular weight excluding hydrogens is 432 g/mol. The molecule has 0 saturated heterocycles. The number of nitrogens with zero attached hydrogens (tertiary/aromatic N) is 3. The molecule has 3 N–H and O–H groups in total. The van der Waals surface area contributed by atoms with Crippen molar-refractivity contribution < 1.29 is 19.5 Å². The van der Waals surface area contributed by atoms with Crippen LogP contribution in [0.25, 0.3) is 11.3 Å². The van der Waals surface area contributed by atoms with E-state index in [2.05, 4.69) is 27.3 Å². The van der Waals surface area contributed by atoms with E-state index in [-0.39, 0.29) is 6.54 Å². The molecule has 0 unspecified atom stereocenters. The number of nitrogens with one attached hydrogen (secondary N) is 1. The normalized spacial score (nSPS) is 11.6. The van der Waals surface area contributed by atoms with Gasteiger partial charge in [0, 0.05) is 41.7 Å². The Morgan fingerprint density at radius 1 is 1.12 bits per heavy atom. The summed E-state index contributed by atoms with van der Waals surface area (Å²) in [6.07, 6.45) is 2.79. The van der Waals surface area contributed by atoms with Crippen LogP contribution in [0.5, 0.6) is 0 Å². The predicted molar refractivity (Wildman–Crippen MR) is 126 cm³/mol. The average Bonchev–Trinajstić information content (AvgIpc) is 3.49. The first kappa shape index (κ1) is 23.0. The van der Waals surface area contributed by atoms with Crippen LogP contribution < -0.4 is 5.32 Å². The number of imidazole rings is 1. The maximum absolute atomic E-state index is 10.6. The third-order valence-corrected chi connectivity index (χ3v) is 5.09. The fraction of sp³-hybridized carbons (Fsp3) is 0.192. The van der Waals surface area contributed by atoms with Crippen LogP contribution in [0, 0.1) is 11.8 Å². The topological polar surface area (TPSA) is 113 Å². The van der Waals surface area contributed by atoms with Gasteiger partial charge in [0.1, 0.15) is 17.6 Å². The lowest BCUT2D eigenvalue weighted by Crippen LogP contribution is -2.21. The summed E-state index contributed by atoms with van der Waals surface area (Å²) < 4.78 is 7.34. The molecule has 2 aromatic heterocycles. The van der Waals surface area contributed by atoms with Gasteiger partial charge < -0.3 is 24.6 Å². The molecule has 2 heterocycles. The Hall–Kier alpha value is -4.19. The Bertz CT molecular complexity index is 1310. The highest BCUT2D eigenvalue weighted by molar-refractivity contribution is 5.69. The van der Waals surface area contributed by atoms with E-state index in [9.17, 15) is 9.90 Å². The minimum absolute atomic E-state index is 0.0680. The number of aliphatic hydroxyl groups excluding tert-OH is 1. The van der Waals surface area contributed by atoms with Crippen molar-refractivity contribution in [1.82, 2.24) is 20.0 Å². The lowest BCUT2D eigenvalue weighted by Gasteiger charge is -2.07. The first-order valence-corrected chi connectivity index (χ1v) is 10.8. The lowest BCUT2D eigenvalue weighted by molar-refractivity contribution is -0.136. The molecule has 0 fully saturated rings. The second kappa shape index (κ2) is 10.6. The highest BCUT2D eigenvalue weighted by Crippen LogP contribution is 2.22. The molecule has 0 saturated carbocycles. The zero-order valence-corrected chi connectivity index (χ0v) is 18.6. The molecule has 0 aliphatic rings. The molecule has 172 valence electrons. The van der Waals surface area contributed by atoms with Crippen molar-refractivity contribution in [2.24, 2.45) is 0 Å². The van der Waals surface area contributed by atoms with Crippen LogP contribution in [-0.2, 0) is 17.9 Å². The van der Waals surface area contributed by atoms with Gasteiger partial charge in [-0.25, -0.2) is 4.98 Å². The highest BCUT2D eigenvalue weighted by atomic mass is 16.5. The second-order valence-corrected chi connectivity index (χ2v) is 7.79. The SMILES string of the molecule is C[C@H](O)c1nccn1Cc1cc(-c2ccc(C#Cc3ccc(CNCC(=O)O)cc3)cc2)on1. The van der Waals surface area contributed by atoms with Gasteiger partial charge in [-0.2, -0.15) is 0 Å². The summed E-state index contributed by atoms with van der Waals surface area (Å²) in [4.78, 5) is 14.7. The van der Waals surface area contributed by atoms with Gasteiger partial charge in [0.2, 0.25) is 0 Å². The molecule has 8 heteroatoms. The monoisotopic (exact) mass is 456 g/mol. The van der Waals surface area contributed by atoms with Crippen molar-refractivity contribution in [3.05, 3.63) is 95.2 Å². The van der Waals surface area contributed by atoms with Gasteiger partial charge in [-0.05, 0) is 48.9 Å². The van der Waals surface area contributed by atoms with Crippen molar-refractivity contribution in [2.45, 2.75) is 26.1 Å². The minimum atomic E-state index is -0.877. The molecule has 1 atom stereocenters. The Kier molecular flexibility index (Phi) is 7.18. The number of benzene rings is 2. The van der Waals surface area contributed by atoms with Crippen molar-refractivity contribution >= 4 is 5.97 Å². The second-order valence-electron chi connectivity index (χ2n) is 7.79. The molecule has 0 aliphatic carbocycles. The summed E-state index contributed by atoms with van der Waals surface area (Å²) in [5, 5.41) is 25.5. The molecule has 4 aromatic rings. The number of rotatable bonds is 8. The van der Waals surface area contributed by atoms with Gasteiger partial charge in [-0.1, -0.05) is 29.1 Å². The largest absolute Gasteiger partial charge is 0.480 e. The van der Waals surface area contributed by atoms with Crippen LogP contribution in [0.2, 0.25) is 0 Å². The van der Waals surface area contributed by atoms with E-state index < -0.39 is 12.1 Å².